The summed E-state index contributed by atoms with van der Waals surface area (Å²) in [5.74, 6) is 2.45. The van der Waals surface area contributed by atoms with Crippen molar-refractivity contribution in [3.8, 4) is 12.3 Å². The van der Waals surface area contributed by atoms with E-state index < -0.39 is 0 Å². The molecule has 3 amide bonds. The molecule has 0 saturated heterocycles. The van der Waals surface area contributed by atoms with Gasteiger partial charge in [-0.05, 0) is 37.5 Å². The number of carbonyl (C=O) groups excluding carboxylic acids is 2. The van der Waals surface area contributed by atoms with E-state index in [9.17, 15) is 9.59 Å². The highest BCUT2D eigenvalue weighted by Gasteiger charge is 2.15. The first-order chi connectivity index (χ1) is 11.7. The molecule has 0 bridgehead atoms. The van der Waals surface area contributed by atoms with E-state index >= 15 is 0 Å². The van der Waals surface area contributed by atoms with Crippen molar-refractivity contribution in [2.45, 2.75) is 51.0 Å². The van der Waals surface area contributed by atoms with Gasteiger partial charge in [0.15, 0.2) is 0 Å². The minimum absolute atomic E-state index is 0.0846. The lowest BCUT2D eigenvalue weighted by molar-refractivity contribution is -0.116. The monoisotopic (exact) mass is 327 g/mol. The minimum Gasteiger partial charge on any atom is -0.338 e. The molecule has 5 heteroatoms. The lowest BCUT2D eigenvalue weighted by Crippen LogP contribution is -2.43. The quantitative estimate of drug-likeness (QED) is 0.555. The Morgan fingerprint density at radius 2 is 2.00 bits per heavy atom. The summed E-state index contributed by atoms with van der Waals surface area (Å²) in [7, 11) is 0. The fraction of sp³-hybridized carbons (Fsp3) is 0.474. The Morgan fingerprint density at radius 3 is 2.75 bits per heavy atom. The Bertz CT molecular complexity index is 601. The van der Waals surface area contributed by atoms with Crippen molar-refractivity contribution in [3.05, 3.63) is 29.8 Å². The molecule has 0 spiro atoms. The van der Waals surface area contributed by atoms with Crippen molar-refractivity contribution in [3.63, 3.8) is 0 Å². The van der Waals surface area contributed by atoms with Gasteiger partial charge in [-0.2, -0.15) is 0 Å². The number of nitrogens with one attached hydrogen (secondary N) is 3. The van der Waals surface area contributed by atoms with Crippen LogP contribution in [0.4, 0.5) is 10.5 Å². The Morgan fingerprint density at radius 1 is 1.21 bits per heavy atom. The maximum Gasteiger partial charge on any atom is 0.315 e. The Labute approximate surface area is 143 Å². The van der Waals surface area contributed by atoms with Crippen molar-refractivity contribution in [2.75, 3.05) is 11.9 Å². The van der Waals surface area contributed by atoms with E-state index in [-0.39, 0.29) is 11.9 Å². The van der Waals surface area contributed by atoms with Crippen LogP contribution in [0, 0.1) is 12.3 Å². The summed E-state index contributed by atoms with van der Waals surface area (Å²) in [4.78, 5) is 23.7. The van der Waals surface area contributed by atoms with E-state index in [1.165, 1.54) is 19.3 Å². The third kappa shape index (κ3) is 6.33. The van der Waals surface area contributed by atoms with Gasteiger partial charge in [0.25, 0.3) is 0 Å². The molecule has 1 aromatic carbocycles. The van der Waals surface area contributed by atoms with Crippen LogP contribution in [0.2, 0.25) is 0 Å². The second kappa shape index (κ2) is 9.61. The number of terminal acetylenes is 1. The third-order valence-corrected chi connectivity index (χ3v) is 4.12. The van der Waals surface area contributed by atoms with Crippen molar-refractivity contribution >= 4 is 17.6 Å². The van der Waals surface area contributed by atoms with Gasteiger partial charge < -0.3 is 16.0 Å². The fourth-order valence-electron chi connectivity index (χ4n) is 2.84. The van der Waals surface area contributed by atoms with Crippen molar-refractivity contribution in [1.82, 2.24) is 10.6 Å². The number of benzene rings is 1. The van der Waals surface area contributed by atoms with E-state index in [1.54, 1.807) is 12.1 Å². The summed E-state index contributed by atoms with van der Waals surface area (Å²) in [5.41, 5.74) is 1.42. The molecule has 24 heavy (non-hydrogen) atoms. The zero-order chi connectivity index (χ0) is 17.2. The van der Waals surface area contributed by atoms with Gasteiger partial charge in [-0.3, -0.25) is 4.79 Å². The molecule has 3 N–H and O–H groups in total. The number of urea groups is 1. The van der Waals surface area contributed by atoms with Crippen molar-refractivity contribution in [1.29, 1.82) is 0 Å². The van der Waals surface area contributed by atoms with Gasteiger partial charge in [-0.25, -0.2) is 4.79 Å². The van der Waals surface area contributed by atoms with Gasteiger partial charge in [-0.1, -0.05) is 31.2 Å². The molecule has 128 valence electrons. The summed E-state index contributed by atoms with van der Waals surface area (Å²) in [6.07, 6.45) is 12.0. The van der Waals surface area contributed by atoms with E-state index in [4.69, 9.17) is 6.42 Å². The number of hydrogen-bond acceptors (Lipinski definition) is 2. The highest BCUT2D eigenvalue weighted by Crippen LogP contribution is 2.17. The van der Waals surface area contributed by atoms with Crippen LogP contribution in [-0.4, -0.2) is 24.5 Å². The van der Waals surface area contributed by atoms with Gasteiger partial charge >= 0.3 is 6.03 Å². The number of carbonyl (C=O) groups is 2. The van der Waals surface area contributed by atoms with Crippen LogP contribution in [0.1, 0.15) is 50.5 Å². The van der Waals surface area contributed by atoms with Crippen LogP contribution in [0.25, 0.3) is 0 Å². The molecule has 2 rings (SSSR count). The van der Waals surface area contributed by atoms with Crippen molar-refractivity contribution < 1.29 is 9.59 Å². The number of anilines is 1. The molecule has 0 radical (unpaired) electrons. The molecule has 1 aromatic rings. The molecule has 0 atom stereocenters. The molecule has 0 aromatic heterocycles. The minimum atomic E-state index is -0.135. The van der Waals surface area contributed by atoms with Gasteiger partial charge in [0.1, 0.15) is 0 Å². The number of hydrogen-bond donors (Lipinski definition) is 3. The molecule has 1 saturated carbocycles. The summed E-state index contributed by atoms with van der Waals surface area (Å²) in [6, 6.07) is 7.34. The summed E-state index contributed by atoms with van der Waals surface area (Å²) >= 11 is 0. The average molecular weight is 327 g/mol. The second-order valence-electron chi connectivity index (χ2n) is 6.11. The van der Waals surface area contributed by atoms with Crippen LogP contribution < -0.4 is 16.0 Å². The first kappa shape index (κ1) is 17.9. The Balaban J connectivity index is 1.60. The molecule has 1 fully saturated rings. The van der Waals surface area contributed by atoms with E-state index in [0.29, 0.717) is 31.1 Å². The lowest BCUT2D eigenvalue weighted by atomic mass is 9.96. The average Bonchev–Trinajstić information content (AvgIpc) is 2.60. The van der Waals surface area contributed by atoms with Crippen LogP contribution in [0.15, 0.2) is 24.3 Å². The SMILES string of the molecule is C#Cc1cccc(NC(=O)CCCNC(=O)NC2CCCCC2)c1. The Kier molecular flexibility index (Phi) is 7.16. The molecule has 1 aliphatic rings. The normalized spacial score (nSPS) is 14.5. The van der Waals surface area contributed by atoms with Gasteiger partial charge in [0.05, 0.1) is 0 Å². The van der Waals surface area contributed by atoms with Crippen LogP contribution >= 0.6 is 0 Å². The van der Waals surface area contributed by atoms with Crippen LogP contribution in [-0.2, 0) is 4.79 Å². The van der Waals surface area contributed by atoms with Gasteiger partial charge in [0, 0.05) is 30.3 Å². The van der Waals surface area contributed by atoms with Gasteiger partial charge in [0.2, 0.25) is 5.91 Å². The molecule has 5 nitrogen and oxygen atoms in total. The Hall–Kier alpha value is -2.48. The van der Waals surface area contributed by atoms with E-state index in [2.05, 4.69) is 21.9 Å². The van der Waals surface area contributed by atoms with Crippen LogP contribution in [0.5, 0.6) is 0 Å². The summed E-state index contributed by atoms with van der Waals surface area (Å²) < 4.78 is 0. The standard InChI is InChI=1S/C19H25N3O2/c1-2-15-8-6-11-17(14-15)21-18(23)12-7-13-20-19(24)22-16-9-4-3-5-10-16/h1,6,8,11,14,16H,3-5,7,9-10,12-13H2,(H,21,23)(H2,20,22,24). The first-order valence-corrected chi connectivity index (χ1v) is 8.58. The highest BCUT2D eigenvalue weighted by molar-refractivity contribution is 5.90. The topological polar surface area (TPSA) is 70.2 Å². The third-order valence-electron chi connectivity index (χ3n) is 4.12. The number of rotatable bonds is 6. The summed E-state index contributed by atoms with van der Waals surface area (Å²) in [5, 5.41) is 8.61. The fourth-order valence-corrected chi connectivity index (χ4v) is 2.84. The molecule has 0 aliphatic heterocycles. The van der Waals surface area contributed by atoms with E-state index in [0.717, 1.165) is 18.4 Å². The molecule has 0 unspecified atom stereocenters. The molecule has 1 aliphatic carbocycles. The predicted molar refractivity (Wildman–Crippen MR) is 95.6 cm³/mol. The van der Waals surface area contributed by atoms with Crippen molar-refractivity contribution in [2.24, 2.45) is 0 Å². The maximum absolute atomic E-state index is 11.9. The largest absolute Gasteiger partial charge is 0.338 e. The molecule has 0 heterocycles. The zero-order valence-corrected chi connectivity index (χ0v) is 13.9. The maximum atomic E-state index is 11.9. The summed E-state index contributed by atoms with van der Waals surface area (Å²) in [6.45, 7) is 0.483. The second-order valence-corrected chi connectivity index (χ2v) is 6.11. The lowest BCUT2D eigenvalue weighted by Gasteiger charge is -2.22. The van der Waals surface area contributed by atoms with E-state index in [1.807, 2.05) is 12.1 Å². The van der Waals surface area contributed by atoms with Crippen LogP contribution in [0.3, 0.4) is 0 Å². The number of amides is 3. The van der Waals surface area contributed by atoms with Gasteiger partial charge in [-0.15, -0.1) is 6.42 Å². The first-order valence-electron chi connectivity index (χ1n) is 8.58. The highest BCUT2D eigenvalue weighted by atomic mass is 16.2. The molecular weight excluding hydrogens is 302 g/mol. The smallest absolute Gasteiger partial charge is 0.315 e. The predicted octanol–water partition coefficient (Wildman–Crippen LogP) is 3.02. The molecular formula is C19H25N3O2. The zero-order valence-electron chi connectivity index (χ0n) is 13.9.